The van der Waals surface area contributed by atoms with E-state index in [2.05, 4.69) is 50.0 Å². The predicted molar refractivity (Wildman–Crippen MR) is 109 cm³/mol. The lowest BCUT2D eigenvalue weighted by atomic mass is 10.0. The van der Waals surface area contributed by atoms with Crippen LogP contribution in [-0.2, 0) is 9.47 Å². The van der Waals surface area contributed by atoms with Gasteiger partial charge in [0.1, 0.15) is 5.82 Å². The van der Waals surface area contributed by atoms with Crippen LogP contribution in [0.25, 0.3) is 0 Å². The molecule has 0 amide bonds. The summed E-state index contributed by atoms with van der Waals surface area (Å²) in [6.07, 6.45) is 3.67. The maximum Gasteiger partial charge on any atom is 0.227 e. The van der Waals surface area contributed by atoms with Crippen molar-refractivity contribution in [2.75, 3.05) is 67.2 Å². The van der Waals surface area contributed by atoms with Gasteiger partial charge in [0.25, 0.3) is 0 Å². The molecular formula is C21H27N5O2. The van der Waals surface area contributed by atoms with Gasteiger partial charge in [0, 0.05) is 64.0 Å². The maximum atomic E-state index is 5.84. The Bertz CT molecular complexity index is 778. The first-order valence-corrected chi connectivity index (χ1v) is 10.2. The maximum absolute atomic E-state index is 5.84. The molecule has 0 unspecified atom stereocenters. The third-order valence-electron chi connectivity index (χ3n) is 5.97. The van der Waals surface area contributed by atoms with Crippen LogP contribution in [-0.4, -0.2) is 68.2 Å². The Morgan fingerprint density at radius 1 is 0.750 bits per heavy atom. The minimum atomic E-state index is -0.347. The molecule has 0 N–H and O–H groups in total. The molecule has 3 aliphatic heterocycles. The fourth-order valence-corrected chi connectivity index (χ4v) is 4.33. The molecule has 4 heterocycles. The molecule has 0 aliphatic carbocycles. The van der Waals surface area contributed by atoms with Crippen LogP contribution in [0.1, 0.15) is 12.8 Å². The molecule has 2 aromatic rings. The van der Waals surface area contributed by atoms with Crippen molar-refractivity contribution in [2.24, 2.45) is 0 Å². The van der Waals surface area contributed by atoms with Crippen molar-refractivity contribution in [1.82, 2.24) is 9.97 Å². The summed E-state index contributed by atoms with van der Waals surface area (Å²) in [5, 5.41) is 0. The van der Waals surface area contributed by atoms with Crippen LogP contribution in [0.15, 0.2) is 42.6 Å². The summed E-state index contributed by atoms with van der Waals surface area (Å²) in [6.45, 7) is 7.07. The van der Waals surface area contributed by atoms with Gasteiger partial charge in [-0.05, 0) is 18.2 Å². The lowest BCUT2D eigenvalue weighted by molar-refractivity contribution is -0.169. The molecule has 0 radical (unpaired) electrons. The van der Waals surface area contributed by atoms with Crippen molar-refractivity contribution in [2.45, 2.75) is 18.6 Å². The van der Waals surface area contributed by atoms with E-state index in [-0.39, 0.29) is 5.79 Å². The van der Waals surface area contributed by atoms with Crippen LogP contribution in [0, 0.1) is 0 Å². The van der Waals surface area contributed by atoms with Gasteiger partial charge in [0.05, 0.1) is 13.2 Å². The zero-order valence-electron chi connectivity index (χ0n) is 16.2. The number of piperazine rings is 1. The van der Waals surface area contributed by atoms with Crippen molar-refractivity contribution in [3.63, 3.8) is 0 Å². The third kappa shape index (κ3) is 3.52. The van der Waals surface area contributed by atoms with Crippen molar-refractivity contribution >= 4 is 17.5 Å². The minimum absolute atomic E-state index is 0.347. The summed E-state index contributed by atoms with van der Waals surface area (Å²) in [5.41, 5.74) is 1.29. The number of piperidine rings is 1. The molecule has 3 fully saturated rings. The smallest absolute Gasteiger partial charge is 0.227 e. The van der Waals surface area contributed by atoms with Gasteiger partial charge in [0.15, 0.2) is 5.79 Å². The third-order valence-corrected chi connectivity index (χ3v) is 5.97. The van der Waals surface area contributed by atoms with E-state index < -0.39 is 0 Å². The van der Waals surface area contributed by atoms with Crippen LogP contribution < -0.4 is 14.7 Å². The summed E-state index contributed by atoms with van der Waals surface area (Å²) in [6, 6.07) is 12.6. The molecule has 3 saturated heterocycles. The number of benzene rings is 1. The lowest BCUT2D eigenvalue weighted by Gasteiger charge is -2.39. The second-order valence-corrected chi connectivity index (χ2v) is 7.62. The van der Waals surface area contributed by atoms with E-state index in [1.807, 2.05) is 12.3 Å². The molecule has 3 aliphatic rings. The van der Waals surface area contributed by atoms with E-state index in [0.717, 1.165) is 63.9 Å². The number of anilines is 3. The van der Waals surface area contributed by atoms with Gasteiger partial charge in [-0.2, -0.15) is 4.98 Å². The Balaban J connectivity index is 1.22. The van der Waals surface area contributed by atoms with Crippen LogP contribution >= 0.6 is 0 Å². The van der Waals surface area contributed by atoms with Gasteiger partial charge < -0.3 is 24.2 Å². The molecule has 0 saturated carbocycles. The second kappa shape index (κ2) is 7.56. The van der Waals surface area contributed by atoms with E-state index in [4.69, 9.17) is 14.5 Å². The summed E-state index contributed by atoms with van der Waals surface area (Å²) in [4.78, 5) is 16.5. The molecule has 7 nitrogen and oxygen atoms in total. The zero-order chi connectivity index (χ0) is 18.8. The molecular weight excluding hydrogens is 354 g/mol. The van der Waals surface area contributed by atoms with Crippen LogP contribution in [0.5, 0.6) is 0 Å². The quantitative estimate of drug-likeness (QED) is 0.807. The Morgan fingerprint density at radius 3 is 2.14 bits per heavy atom. The van der Waals surface area contributed by atoms with E-state index >= 15 is 0 Å². The van der Waals surface area contributed by atoms with Gasteiger partial charge in [-0.15, -0.1) is 0 Å². The van der Waals surface area contributed by atoms with Gasteiger partial charge >= 0.3 is 0 Å². The van der Waals surface area contributed by atoms with Gasteiger partial charge in [0.2, 0.25) is 5.95 Å². The highest BCUT2D eigenvalue weighted by molar-refractivity contribution is 5.49. The van der Waals surface area contributed by atoms with Crippen LogP contribution in [0.3, 0.4) is 0 Å². The Labute approximate surface area is 165 Å². The fraction of sp³-hybridized carbons (Fsp3) is 0.524. The molecule has 7 heteroatoms. The summed E-state index contributed by atoms with van der Waals surface area (Å²) in [5.74, 6) is 1.49. The number of hydrogen-bond acceptors (Lipinski definition) is 7. The SMILES string of the molecule is c1ccc(N2CCN(c3nccc(N4CCC5(CC4)OCCO5)n3)CC2)cc1. The first kappa shape index (κ1) is 17.7. The average molecular weight is 381 g/mol. The van der Waals surface area contributed by atoms with Crippen molar-refractivity contribution in [3.8, 4) is 0 Å². The van der Waals surface area contributed by atoms with E-state index in [0.29, 0.717) is 13.2 Å². The zero-order valence-corrected chi connectivity index (χ0v) is 16.2. The summed E-state index contributed by atoms with van der Waals surface area (Å²) in [7, 11) is 0. The number of aromatic nitrogens is 2. The summed E-state index contributed by atoms with van der Waals surface area (Å²) < 4.78 is 11.7. The van der Waals surface area contributed by atoms with Crippen molar-refractivity contribution in [1.29, 1.82) is 0 Å². The summed E-state index contributed by atoms with van der Waals surface area (Å²) >= 11 is 0. The number of nitrogens with zero attached hydrogens (tertiary/aromatic N) is 5. The molecule has 0 atom stereocenters. The van der Waals surface area contributed by atoms with Gasteiger partial charge in [-0.25, -0.2) is 4.98 Å². The highest BCUT2D eigenvalue weighted by Gasteiger charge is 2.40. The highest BCUT2D eigenvalue weighted by atomic mass is 16.7. The second-order valence-electron chi connectivity index (χ2n) is 7.62. The molecule has 28 heavy (non-hydrogen) atoms. The molecule has 1 aromatic heterocycles. The van der Waals surface area contributed by atoms with Crippen molar-refractivity contribution in [3.05, 3.63) is 42.6 Å². The molecule has 5 rings (SSSR count). The minimum Gasteiger partial charge on any atom is -0.368 e. The largest absolute Gasteiger partial charge is 0.368 e. The first-order chi connectivity index (χ1) is 13.8. The average Bonchev–Trinajstić information content (AvgIpc) is 3.23. The van der Waals surface area contributed by atoms with E-state index in [1.54, 1.807) is 0 Å². The highest BCUT2D eigenvalue weighted by Crippen LogP contribution is 2.33. The Morgan fingerprint density at radius 2 is 1.43 bits per heavy atom. The van der Waals surface area contributed by atoms with Crippen LogP contribution in [0.2, 0.25) is 0 Å². The molecule has 0 bridgehead atoms. The normalized spacial score (nSPS) is 22.1. The first-order valence-electron chi connectivity index (χ1n) is 10.2. The fourth-order valence-electron chi connectivity index (χ4n) is 4.33. The molecule has 1 aromatic carbocycles. The number of rotatable bonds is 3. The number of hydrogen-bond donors (Lipinski definition) is 0. The number of ether oxygens (including phenoxy) is 2. The lowest BCUT2D eigenvalue weighted by Crippen LogP contribution is -2.47. The van der Waals surface area contributed by atoms with E-state index in [1.165, 1.54) is 5.69 Å². The predicted octanol–water partition coefficient (Wildman–Crippen LogP) is 2.15. The van der Waals surface area contributed by atoms with Gasteiger partial charge in [-0.1, -0.05) is 18.2 Å². The molecule has 1 spiro atoms. The standard InChI is InChI=1S/C21H27N5O2/c1-2-4-18(5-3-1)24-12-14-26(15-13-24)20-22-9-6-19(23-20)25-10-7-21(8-11-25)27-16-17-28-21/h1-6,9H,7-8,10-17H2. The van der Waals surface area contributed by atoms with Crippen molar-refractivity contribution < 1.29 is 9.47 Å². The number of para-hydroxylation sites is 1. The Kier molecular flexibility index (Phi) is 4.78. The van der Waals surface area contributed by atoms with Gasteiger partial charge in [-0.3, -0.25) is 0 Å². The van der Waals surface area contributed by atoms with Crippen LogP contribution in [0.4, 0.5) is 17.5 Å². The topological polar surface area (TPSA) is 54.0 Å². The van der Waals surface area contributed by atoms with E-state index in [9.17, 15) is 0 Å². The monoisotopic (exact) mass is 381 g/mol. The molecule has 148 valence electrons. The Hall–Kier alpha value is -2.38.